The minimum Gasteiger partial charge on any atom is -0.322 e. The van der Waals surface area contributed by atoms with Crippen molar-refractivity contribution in [3.05, 3.63) is 34.9 Å². The van der Waals surface area contributed by atoms with Crippen LogP contribution >= 0.6 is 11.6 Å². The number of hydrogen-bond donors (Lipinski definition) is 1. The Morgan fingerprint density at radius 2 is 1.88 bits per heavy atom. The summed E-state index contributed by atoms with van der Waals surface area (Å²) in [6, 6.07) is 7.38. The number of Topliss-reactive ketones (excluding diaryl/α,β-unsaturated/α-hetero) is 1. The smallest absolute Gasteiger partial charge is 0.149 e. The molecule has 3 heteroatoms. The molecule has 17 heavy (non-hydrogen) atoms. The number of hydrogen-bond acceptors (Lipinski definition) is 2. The summed E-state index contributed by atoms with van der Waals surface area (Å²) in [5, 5.41) is 0.734. The van der Waals surface area contributed by atoms with Gasteiger partial charge in [0.05, 0.1) is 6.04 Å². The summed E-state index contributed by atoms with van der Waals surface area (Å²) < 4.78 is 0. The molecule has 0 radical (unpaired) electrons. The lowest BCUT2D eigenvalue weighted by atomic mass is 9.80. The zero-order valence-corrected chi connectivity index (χ0v) is 11.4. The maximum atomic E-state index is 11.7. The maximum absolute atomic E-state index is 11.7. The highest BCUT2D eigenvalue weighted by Crippen LogP contribution is 2.27. The standard InChI is InChI=1S/C14H20ClNO/c1-10(16)13(17)9-14(2,3)8-11-4-6-12(15)7-5-11/h4-7,10H,8-9,16H2,1-3H3. The van der Waals surface area contributed by atoms with Crippen molar-refractivity contribution in [1.82, 2.24) is 0 Å². The van der Waals surface area contributed by atoms with Crippen LogP contribution < -0.4 is 5.73 Å². The van der Waals surface area contributed by atoms with Gasteiger partial charge >= 0.3 is 0 Å². The molecule has 0 aliphatic carbocycles. The molecule has 0 aliphatic heterocycles. The van der Waals surface area contributed by atoms with Crippen molar-refractivity contribution >= 4 is 17.4 Å². The number of rotatable bonds is 5. The molecular weight excluding hydrogens is 234 g/mol. The van der Waals surface area contributed by atoms with Gasteiger partial charge in [-0.2, -0.15) is 0 Å². The van der Waals surface area contributed by atoms with Crippen LogP contribution in [-0.4, -0.2) is 11.8 Å². The Kier molecular flexibility index (Phi) is 4.72. The highest BCUT2D eigenvalue weighted by molar-refractivity contribution is 6.30. The highest BCUT2D eigenvalue weighted by Gasteiger charge is 2.23. The predicted octanol–water partition coefficient (Wildman–Crippen LogP) is 3.22. The van der Waals surface area contributed by atoms with Gasteiger partial charge in [0.15, 0.2) is 0 Å². The van der Waals surface area contributed by atoms with E-state index in [9.17, 15) is 4.79 Å². The first-order chi connectivity index (χ1) is 7.80. The van der Waals surface area contributed by atoms with Crippen LogP contribution in [0.15, 0.2) is 24.3 Å². The molecule has 1 aromatic carbocycles. The van der Waals surface area contributed by atoms with E-state index in [0.717, 1.165) is 11.4 Å². The molecule has 2 nitrogen and oxygen atoms in total. The lowest BCUT2D eigenvalue weighted by molar-refractivity contribution is -0.121. The number of nitrogens with two attached hydrogens (primary N) is 1. The lowest BCUT2D eigenvalue weighted by Crippen LogP contribution is -2.31. The molecule has 94 valence electrons. The third-order valence-electron chi connectivity index (χ3n) is 2.76. The summed E-state index contributed by atoms with van der Waals surface area (Å²) >= 11 is 5.84. The molecule has 0 saturated carbocycles. The number of halogens is 1. The van der Waals surface area contributed by atoms with Gasteiger partial charge in [0, 0.05) is 11.4 Å². The largest absolute Gasteiger partial charge is 0.322 e. The van der Waals surface area contributed by atoms with Gasteiger partial charge in [0.2, 0.25) is 0 Å². The van der Waals surface area contributed by atoms with Gasteiger partial charge in [-0.15, -0.1) is 0 Å². The van der Waals surface area contributed by atoms with Crippen molar-refractivity contribution in [1.29, 1.82) is 0 Å². The third kappa shape index (κ3) is 4.88. The van der Waals surface area contributed by atoms with Crippen molar-refractivity contribution in [3.8, 4) is 0 Å². The molecule has 0 aromatic heterocycles. The van der Waals surface area contributed by atoms with Gasteiger partial charge in [-0.3, -0.25) is 4.79 Å². The fourth-order valence-corrected chi connectivity index (χ4v) is 1.98. The Labute approximate surface area is 108 Å². The molecule has 0 bridgehead atoms. The van der Waals surface area contributed by atoms with Gasteiger partial charge in [-0.25, -0.2) is 0 Å². The molecule has 1 aromatic rings. The summed E-state index contributed by atoms with van der Waals surface area (Å²) in [5.41, 5.74) is 6.71. The van der Waals surface area contributed by atoms with Crippen molar-refractivity contribution in [2.45, 2.75) is 39.7 Å². The Balaban J connectivity index is 2.66. The SMILES string of the molecule is CC(N)C(=O)CC(C)(C)Cc1ccc(Cl)cc1. The molecule has 1 rings (SSSR count). The van der Waals surface area contributed by atoms with Crippen LogP contribution in [0, 0.1) is 5.41 Å². The average molecular weight is 254 g/mol. The van der Waals surface area contributed by atoms with Crippen molar-refractivity contribution in [2.75, 3.05) is 0 Å². The summed E-state index contributed by atoms with van der Waals surface area (Å²) in [5.74, 6) is 0.115. The van der Waals surface area contributed by atoms with E-state index >= 15 is 0 Å². The van der Waals surface area contributed by atoms with Crippen LogP contribution in [0.2, 0.25) is 5.02 Å². The van der Waals surface area contributed by atoms with Crippen molar-refractivity contribution in [3.63, 3.8) is 0 Å². The molecule has 1 unspecified atom stereocenters. The van der Waals surface area contributed by atoms with E-state index < -0.39 is 0 Å². The summed E-state index contributed by atoms with van der Waals surface area (Å²) in [6.45, 7) is 5.91. The second-order valence-electron chi connectivity index (χ2n) is 5.40. The highest BCUT2D eigenvalue weighted by atomic mass is 35.5. The first-order valence-electron chi connectivity index (χ1n) is 5.83. The Morgan fingerprint density at radius 3 is 2.35 bits per heavy atom. The lowest BCUT2D eigenvalue weighted by Gasteiger charge is -2.24. The van der Waals surface area contributed by atoms with Gasteiger partial charge in [-0.05, 0) is 36.5 Å². The zero-order chi connectivity index (χ0) is 13.1. The molecule has 0 heterocycles. The Hall–Kier alpha value is -0.860. The maximum Gasteiger partial charge on any atom is 0.149 e. The number of carbonyl (C=O) groups excluding carboxylic acids is 1. The normalized spacial score (nSPS) is 13.5. The van der Waals surface area contributed by atoms with E-state index in [4.69, 9.17) is 17.3 Å². The van der Waals surface area contributed by atoms with Crippen LogP contribution in [0.1, 0.15) is 32.8 Å². The second kappa shape index (κ2) is 5.65. The summed E-state index contributed by atoms with van der Waals surface area (Å²) in [4.78, 5) is 11.7. The quantitative estimate of drug-likeness (QED) is 0.876. The van der Waals surface area contributed by atoms with E-state index in [2.05, 4.69) is 13.8 Å². The molecule has 1 atom stereocenters. The molecule has 0 amide bonds. The van der Waals surface area contributed by atoms with Crippen LogP contribution in [0.25, 0.3) is 0 Å². The van der Waals surface area contributed by atoms with Crippen LogP contribution in [0.4, 0.5) is 0 Å². The van der Waals surface area contributed by atoms with E-state index in [1.54, 1.807) is 6.92 Å². The average Bonchev–Trinajstić information content (AvgIpc) is 2.20. The monoisotopic (exact) mass is 253 g/mol. The van der Waals surface area contributed by atoms with E-state index in [1.807, 2.05) is 24.3 Å². The Bertz CT molecular complexity index is 382. The number of benzene rings is 1. The van der Waals surface area contributed by atoms with E-state index in [1.165, 1.54) is 5.56 Å². The third-order valence-corrected chi connectivity index (χ3v) is 3.01. The molecule has 0 spiro atoms. The fraction of sp³-hybridized carbons (Fsp3) is 0.500. The Morgan fingerprint density at radius 1 is 1.35 bits per heavy atom. The van der Waals surface area contributed by atoms with Crippen molar-refractivity contribution in [2.24, 2.45) is 11.1 Å². The van der Waals surface area contributed by atoms with Gasteiger partial charge in [0.25, 0.3) is 0 Å². The van der Waals surface area contributed by atoms with Gasteiger partial charge in [0.1, 0.15) is 5.78 Å². The van der Waals surface area contributed by atoms with Crippen LogP contribution in [0.3, 0.4) is 0 Å². The number of ketones is 1. The fourth-order valence-electron chi connectivity index (χ4n) is 1.85. The molecule has 0 aliphatic rings. The topological polar surface area (TPSA) is 43.1 Å². The predicted molar refractivity (Wildman–Crippen MR) is 72.2 cm³/mol. The van der Waals surface area contributed by atoms with Gasteiger partial charge < -0.3 is 5.73 Å². The first-order valence-corrected chi connectivity index (χ1v) is 6.21. The van der Waals surface area contributed by atoms with Crippen LogP contribution in [0.5, 0.6) is 0 Å². The van der Waals surface area contributed by atoms with Gasteiger partial charge in [-0.1, -0.05) is 37.6 Å². The van der Waals surface area contributed by atoms with Crippen molar-refractivity contribution < 1.29 is 4.79 Å². The zero-order valence-electron chi connectivity index (χ0n) is 10.7. The second-order valence-corrected chi connectivity index (χ2v) is 5.84. The van der Waals surface area contributed by atoms with E-state index in [-0.39, 0.29) is 17.2 Å². The van der Waals surface area contributed by atoms with Crippen LogP contribution in [-0.2, 0) is 11.2 Å². The molecule has 0 saturated heterocycles. The molecule has 0 fully saturated rings. The first kappa shape index (κ1) is 14.2. The molecular formula is C14H20ClNO. The summed E-state index contributed by atoms with van der Waals surface area (Å²) in [7, 11) is 0. The summed E-state index contributed by atoms with van der Waals surface area (Å²) in [6.07, 6.45) is 1.36. The minimum absolute atomic E-state index is 0.0709. The van der Waals surface area contributed by atoms with E-state index in [0.29, 0.717) is 6.42 Å². The minimum atomic E-state index is -0.375. The molecule has 2 N–H and O–H groups in total. The number of carbonyl (C=O) groups is 1.